The molecule has 20 rings (SSSR count). The molecule has 0 aliphatic carbocycles. The monoisotopic (exact) mass is 1450 g/mol. The Morgan fingerprint density at radius 3 is 0.696 bits per heavy atom. The Bertz CT molecular complexity index is 4620. The molecule has 92 heavy (non-hydrogen) atoms. The van der Waals surface area contributed by atoms with Crippen LogP contribution >= 0.6 is 136 Å². The van der Waals surface area contributed by atoms with E-state index in [4.69, 9.17) is 75.8 Å². The van der Waals surface area contributed by atoms with E-state index in [1.807, 2.05) is 21.5 Å². The molecule has 0 aromatic carbocycles. The zero-order valence-electron chi connectivity index (χ0n) is 47.5. The van der Waals surface area contributed by atoms with Crippen LogP contribution in [0, 0.1) is 0 Å². The minimum absolute atomic E-state index is 0.416. The average Bonchev–Trinajstić information content (AvgIpc) is 1.63. The third-order valence-electron chi connectivity index (χ3n) is 15.9. The van der Waals surface area contributed by atoms with E-state index in [9.17, 15) is 0 Å². The van der Waals surface area contributed by atoms with Crippen molar-refractivity contribution in [3.8, 4) is 201 Å². The standard InChI is InChI=1S/C64H42O16S12/c1-3-35(53-43-47(77-17-13-73-43)61(89-53)57-39-29(23-81-57)65-5-9-69-39)85-33(1)27-21-37(55-45-49(79-19-15-75-45)63(91-55)59-41-31(25-83-59)67-7-11-71-41)87-51(27)52-28(22-38(88-52)56-46-50(80-20-16-76-46)64(92-56)60-42-32(26-84-60)68-8-12-72-42)34-2-4-36(86-34)54-44-48(78-18-14-74-44)62(90-54)58-40-30(24-82-58)66-6-10-70-40/h1-4,21-26H,5-20H2. The molecule has 0 radical (unpaired) electrons. The van der Waals surface area contributed by atoms with Gasteiger partial charge in [0.2, 0.25) is 0 Å². The maximum absolute atomic E-state index is 6.71. The highest BCUT2D eigenvalue weighted by Crippen LogP contribution is 2.67. The average molecular weight is 1450 g/mol. The van der Waals surface area contributed by atoms with Crippen molar-refractivity contribution >= 4 is 136 Å². The topological polar surface area (TPSA) is 148 Å². The predicted octanol–water partition coefficient (Wildman–Crippen LogP) is 18.9. The van der Waals surface area contributed by atoms with Crippen LogP contribution in [-0.4, -0.2) is 106 Å². The molecule has 0 N–H and O–H groups in total. The summed E-state index contributed by atoms with van der Waals surface area (Å²) in [5.74, 6) is 11.8. The van der Waals surface area contributed by atoms with Gasteiger partial charge in [-0.05, 0) is 36.4 Å². The number of ether oxygens (including phenoxy) is 16. The fourth-order valence-corrected chi connectivity index (χ4v) is 26.2. The lowest BCUT2D eigenvalue weighted by molar-refractivity contribution is 0.172. The highest BCUT2D eigenvalue weighted by molar-refractivity contribution is 7.33. The summed E-state index contributed by atoms with van der Waals surface area (Å²) in [5, 5.41) is 8.09. The van der Waals surface area contributed by atoms with E-state index in [-0.39, 0.29) is 0 Å². The lowest BCUT2D eigenvalue weighted by Gasteiger charge is -2.18. The molecule has 28 heteroatoms. The van der Waals surface area contributed by atoms with Crippen molar-refractivity contribution < 1.29 is 75.8 Å². The molecule has 0 atom stereocenters. The molecule has 16 nitrogen and oxygen atoms in total. The first-order valence-electron chi connectivity index (χ1n) is 29.3. The Labute approximate surface area is 570 Å². The molecule has 0 amide bonds. The SMILES string of the molecule is c1cc(-c2sc(-c3scc4c3OCCO4)c3c2OCCO3)sc1-c1cc(-c2sc(-c3scc4c3OCCO4)c3c2OCCO3)sc1-c1sc(-c2sc(-c3scc4c3OCCO4)c3c2OCCO3)cc1-c1ccc(-c2sc(-c3scc4c3OCCO4)c3c2OCCO3)s1. The minimum atomic E-state index is 0.416. The van der Waals surface area contributed by atoms with E-state index >= 15 is 0 Å². The van der Waals surface area contributed by atoms with E-state index in [0.29, 0.717) is 106 Å². The van der Waals surface area contributed by atoms with Crippen molar-refractivity contribution in [1.82, 2.24) is 0 Å². The highest BCUT2D eigenvalue weighted by atomic mass is 32.1. The third-order valence-corrected chi connectivity index (χ3v) is 30.3. The summed E-state index contributed by atoms with van der Waals surface area (Å²) in [6.45, 7) is 7.38. The zero-order valence-corrected chi connectivity index (χ0v) is 57.3. The van der Waals surface area contributed by atoms with Gasteiger partial charge < -0.3 is 75.8 Å². The van der Waals surface area contributed by atoms with Gasteiger partial charge >= 0.3 is 0 Å². The quantitative estimate of drug-likeness (QED) is 0.121. The first-order valence-corrected chi connectivity index (χ1v) is 39.3. The maximum atomic E-state index is 6.71. The minimum Gasteiger partial charge on any atom is -0.485 e. The lowest BCUT2D eigenvalue weighted by Crippen LogP contribution is -2.15. The number of thiophene rings is 12. The van der Waals surface area contributed by atoms with Crippen molar-refractivity contribution in [3.05, 3.63) is 57.9 Å². The second-order valence-corrected chi connectivity index (χ2v) is 33.2. The summed E-state index contributed by atoms with van der Waals surface area (Å²) in [6.07, 6.45) is 0. The predicted molar refractivity (Wildman–Crippen MR) is 369 cm³/mol. The van der Waals surface area contributed by atoms with Gasteiger partial charge in [0.05, 0.1) is 68.3 Å². The Kier molecular flexibility index (Phi) is 13.6. The first-order chi connectivity index (χ1) is 45.6. The summed E-state index contributed by atoms with van der Waals surface area (Å²) in [6, 6.07) is 13.6. The van der Waals surface area contributed by atoms with Crippen molar-refractivity contribution in [2.24, 2.45) is 0 Å². The largest absolute Gasteiger partial charge is 0.485 e. The summed E-state index contributed by atoms with van der Waals surface area (Å²) < 4.78 is 102. The summed E-state index contributed by atoms with van der Waals surface area (Å²) >= 11 is 20.0. The van der Waals surface area contributed by atoms with E-state index in [1.165, 1.54) is 0 Å². The highest BCUT2D eigenvalue weighted by Gasteiger charge is 2.39. The van der Waals surface area contributed by atoms with Gasteiger partial charge in [0, 0.05) is 61.9 Å². The van der Waals surface area contributed by atoms with E-state index in [1.54, 1.807) is 136 Å². The van der Waals surface area contributed by atoms with Gasteiger partial charge in [-0.3, -0.25) is 0 Å². The van der Waals surface area contributed by atoms with Crippen LogP contribution in [0.2, 0.25) is 0 Å². The van der Waals surface area contributed by atoms with Gasteiger partial charge in [-0.2, -0.15) is 0 Å². The molecule has 0 fully saturated rings. The van der Waals surface area contributed by atoms with Crippen LogP contribution < -0.4 is 75.8 Å². The molecule has 0 unspecified atom stereocenters. The van der Waals surface area contributed by atoms with E-state index in [0.717, 1.165) is 201 Å². The molecule has 8 aliphatic rings. The smallest absolute Gasteiger partial charge is 0.181 e. The van der Waals surface area contributed by atoms with Gasteiger partial charge in [-0.1, -0.05) is 0 Å². The van der Waals surface area contributed by atoms with Crippen molar-refractivity contribution in [2.75, 3.05) is 106 Å². The molecular weight excluding hydrogens is 1410 g/mol. The fraction of sp³-hybridized carbons (Fsp3) is 0.250. The molecular formula is C64H42O16S12. The molecule has 8 aliphatic heterocycles. The third kappa shape index (κ3) is 8.91. The van der Waals surface area contributed by atoms with E-state index < -0.39 is 0 Å². The molecule has 20 heterocycles. The van der Waals surface area contributed by atoms with Gasteiger partial charge in [-0.15, -0.1) is 136 Å². The lowest BCUT2D eigenvalue weighted by atomic mass is 10.1. The Hall–Kier alpha value is -6.80. The molecule has 12 aromatic rings. The van der Waals surface area contributed by atoms with Gasteiger partial charge in [0.25, 0.3) is 0 Å². The normalized spacial score (nSPS) is 16.3. The van der Waals surface area contributed by atoms with Gasteiger partial charge in [0.15, 0.2) is 92.0 Å². The Balaban J connectivity index is 0.787. The molecule has 0 saturated carbocycles. The number of rotatable bonds is 11. The van der Waals surface area contributed by atoms with Crippen LogP contribution in [-0.2, 0) is 0 Å². The van der Waals surface area contributed by atoms with Crippen LogP contribution in [0.15, 0.2) is 57.9 Å². The Morgan fingerprint density at radius 1 is 0.185 bits per heavy atom. The second-order valence-electron chi connectivity index (χ2n) is 21.3. The number of hydrogen-bond acceptors (Lipinski definition) is 28. The second kappa shape index (κ2) is 22.4. The summed E-state index contributed by atoms with van der Waals surface area (Å²) in [4.78, 5) is 20.2. The Morgan fingerprint density at radius 2 is 0.413 bits per heavy atom. The first kappa shape index (κ1) is 55.6. The summed E-state index contributed by atoms with van der Waals surface area (Å²) in [5.41, 5.74) is 2.14. The van der Waals surface area contributed by atoms with Crippen molar-refractivity contribution in [1.29, 1.82) is 0 Å². The molecule has 0 spiro atoms. The van der Waals surface area contributed by atoms with Crippen molar-refractivity contribution in [2.45, 2.75) is 0 Å². The fourth-order valence-electron chi connectivity index (χ4n) is 12.0. The van der Waals surface area contributed by atoms with Crippen LogP contribution in [0.1, 0.15) is 0 Å². The van der Waals surface area contributed by atoms with Crippen LogP contribution in [0.25, 0.3) is 109 Å². The van der Waals surface area contributed by atoms with Crippen LogP contribution in [0.4, 0.5) is 0 Å². The number of hydrogen-bond donors (Lipinski definition) is 0. The van der Waals surface area contributed by atoms with Crippen LogP contribution in [0.5, 0.6) is 92.0 Å². The number of fused-ring (bicyclic) bond motifs is 8. The van der Waals surface area contributed by atoms with E-state index in [2.05, 4.69) is 36.4 Å². The summed E-state index contributed by atoms with van der Waals surface area (Å²) in [7, 11) is 0. The van der Waals surface area contributed by atoms with Crippen LogP contribution in [0.3, 0.4) is 0 Å². The molecule has 0 bridgehead atoms. The molecule has 466 valence electrons. The van der Waals surface area contributed by atoms with Gasteiger partial charge in [-0.25, -0.2) is 0 Å². The molecule has 0 saturated heterocycles. The van der Waals surface area contributed by atoms with Crippen molar-refractivity contribution in [3.63, 3.8) is 0 Å². The van der Waals surface area contributed by atoms with Gasteiger partial charge in [0.1, 0.15) is 106 Å². The maximum Gasteiger partial charge on any atom is 0.181 e. The molecule has 12 aromatic heterocycles. The zero-order chi connectivity index (χ0) is 60.1.